The minimum atomic E-state index is -0.137. The van der Waals surface area contributed by atoms with Crippen molar-refractivity contribution < 1.29 is 5.11 Å². The fourth-order valence-corrected chi connectivity index (χ4v) is 11.5. The van der Waals surface area contributed by atoms with Gasteiger partial charge in [0.1, 0.15) is 0 Å². The molecule has 0 aromatic rings. The van der Waals surface area contributed by atoms with Gasteiger partial charge >= 0.3 is 0 Å². The summed E-state index contributed by atoms with van der Waals surface area (Å²) in [7, 11) is 0. The van der Waals surface area contributed by atoms with Crippen molar-refractivity contribution in [1.82, 2.24) is 0 Å². The van der Waals surface area contributed by atoms with E-state index in [0.29, 0.717) is 28.1 Å². The van der Waals surface area contributed by atoms with Crippen molar-refractivity contribution in [3.63, 3.8) is 0 Å². The minimum Gasteiger partial charge on any atom is -0.393 e. The first-order chi connectivity index (χ1) is 14.3. The summed E-state index contributed by atoms with van der Waals surface area (Å²) in [5.74, 6) is 3.55. The third kappa shape index (κ3) is 2.65. The van der Waals surface area contributed by atoms with Crippen LogP contribution >= 0.6 is 0 Å². The molecule has 0 heterocycles. The lowest BCUT2D eigenvalue weighted by atomic mass is 9.35. The Morgan fingerprint density at radius 2 is 1.61 bits per heavy atom. The molecule has 5 rings (SSSR count). The summed E-state index contributed by atoms with van der Waals surface area (Å²) in [6.07, 6.45) is 14.4. The molecule has 0 aliphatic heterocycles. The molecule has 0 saturated heterocycles. The van der Waals surface area contributed by atoms with E-state index in [2.05, 4.69) is 61.5 Å². The van der Waals surface area contributed by atoms with E-state index < -0.39 is 0 Å². The zero-order valence-electron chi connectivity index (χ0n) is 21.9. The fraction of sp³-hybridized carbons (Fsp3) is 0.933. The Kier molecular flexibility index (Phi) is 4.82. The summed E-state index contributed by atoms with van der Waals surface area (Å²) in [5.41, 5.74) is 3.46. The van der Waals surface area contributed by atoms with Crippen LogP contribution in [0, 0.1) is 56.7 Å². The third-order valence-corrected chi connectivity index (χ3v) is 12.9. The summed E-state index contributed by atoms with van der Waals surface area (Å²) in [6.45, 7) is 20.4. The molecule has 0 aromatic carbocycles. The van der Waals surface area contributed by atoms with Crippen molar-refractivity contribution in [2.24, 2.45) is 56.7 Å². The molecule has 1 nitrogen and oxygen atoms in total. The molecule has 4 saturated carbocycles. The van der Waals surface area contributed by atoms with Gasteiger partial charge in [0.2, 0.25) is 0 Å². The van der Waals surface area contributed by atoms with E-state index in [4.69, 9.17) is 0 Å². The average molecular weight is 427 g/mol. The summed E-state index contributed by atoms with van der Waals surface area (Å²) < 4.78 is 0. The molecule has 0 spiro atoms. The van der Waals surface area contributed by atoms with Crippen molar-refractivity contribution in [2.75, 3.05) is 0 Å². The molecule has 176 valence electrons. The molecule has 0 amide bonds. The predicted molar refractivity (Wildman–Crippen MR) is 131 cm³/mol. The van der Waals surface area contributed by atoms with E-state index >= 15 is 0 Å². The molecular weight excluding hydrogens is 376 g/mol. The zero-order valence-corrected chi connectivity index (χ0v) is 21.9. The molecule has 31 heavy (non-hydrogen) atoms. The summed E-state index contributed by atoms with van der Waals surface area (Å²) in [4.78, 5) is 0. The maximum atomic E-state index is 11.7. The Hall–Kier alpha value is -0.300. The standard InChI is InChI=1S/C30H50O/c1-19(2)20-10-11-24-27(20,5)16-17-29(7)22-18-23(31)25-26(3,4)13-9-14-28(25,6)21(22)12-15-30(24,29)8/h12,19-20,22-25,31H,9-11,13-18H2,1-8H3/t20-,22-,23+,24+,25+,27-,28-,29-,30+/m1/s1. The first-order valence-electron chi connectivity index (χ1n) is 13.7. The molecular formula is C30H50O. The van der Waals surface area contributed by atoms with Crippen LogP contribution in [0.1, 0.15) is 113 Å². The molecule has 0 aromatic heterocycles. The molecule has 5 aliphatic rings. The molecule has 0 radical (unpaired) electrons. The molecule has 1 N–H and O–H groups in total. The highest BCUT2D eigenvalue weighted by molar-refractivity contribution is 5.33. The van der Waals surface area contributed by atoms with Gasteiger partial charge in [-0.05, 0) is 108 Å². The summed E-state index contributed by atoms with van der Waals surface area (Å²) in [6, 6.07) is 0. The van der Waals surface area contributed by atoms with Crippen molar-refractivity contribution in [3.8, 4) is 0 Å². The number of aliphatic hydroxyl groups excluding tert-OH is 1. The van der Waals surface area contributed by atoms with Gasteiger partial charge in [-0.25, -0.2) is 0 Å². The van der Waals surface area contributed by atoms with E-state index in [0.717, 1.165) is 24.2 Å². The summed E-state index contributed by atoms with van der Waals surface area (Å²) in [5, 5.41) is 11.7. The Balaban J connectivity index is 1.58. The Morgan fingerprint density at radius 3 is 2.29 bits per heavy atom. The maximum absolute atomic E-state index is 11.7. The minimum absolute atomic E-state index is 0.137. The van der Waals surface area contributed by atoms with Crippen molar-refractivity contribution in [3.05, 3.63) is 11.6 Å². The van der Waals surface area contributed by atoms with Crippen LogP contribution in [0.3, 0.4) is 0 Å². The molecule has 0 unspecified atom stereocenters. The molecule has 5 aliphatic carbocycles. The Morgan fingerprint density at radius 1 is 0.903 bits per heavy atom. The van der Waals surface area contributed by atoms with Gasteiger partial charge in [0.05, 0.1) is 6.10 Å². The largest absolute Gasteiger partial charge is 0.393 e. The zero-order chi connectivity index (χ0) is 22.6. The van der Waals surface area contributed by atoms with Gasteiger partial charge < -0.3 is 5.11 Å². The molecule has 1 heteroatoms. The smallest absolute Gasteiger partial charge is 0.0587 e. The van der Waals surface area contributed by atoms with Gasteiger partial charge in [-0.2, -0.15) is 0 Å². The van der Waals surface area contributed by atoms with Crippen LogP contribution in [0.25, 0.3) is 0 Å². The van der Waals surface area contributed by atoms with Gasteiger partial charge in [-0.1, -0.05) is 73.5 Å². The lowest BCUT2D eigenvalue weighted by molar-refractivity contribution is -0.176. The average Bonchev–Trinajstić information content (AvgIpc) is 3.01. The maximum Gasteiger partial charge on any atom is 0.0587 e. The number of aliphatic hydroxyl groups is 1. The van der Waals surface area contributed by atoms with Crippen molar-refractivity contribution in [1.29, 1.82) is 0 Å². The number of fused-ring (bicyclic) bond motifs is 7. The van der Waals surface area contributed by atoms with Crippen molar-refractivity contribution in [2.45, 2.75) is 119 Å². The lowest BCUT2D eigenvalue weighted by Crippen LogP contribution is -2.63. The normalized spacial score (nSPS) is 55.7. The van der Waals surface area contributed by atoms with Gasteiger partial charge in [-0.3, -0.25) is 0 Å². The van der Waals surface area contributed by atoms with E-state index in [-0.39, 0.29) is 16.9 Å². The van der Waals surface area contributed by atoms with Crippen LogP contribution in [0.2, 0.25) is 0 Å². The second kappa shape index (κ2) is 6.64. The van der Waals surface area contributed by atoms with Gasteiger partial charge in [-0.15, -0.1) is 0 Å². The second-order valence-corrected chi connectivity index (χ2v) is 14.8. The first-order valence-corrected chi connectivity index (χ1v) is 13.7. The van der Waals surface area contributed by atoms with Gasteiger partial charge in [0.25, 0.3) is 0 Å². The molecule has 4 fully saturated rings. The number of hydrogen-bond acceptors (Lipinski definition) is 1. The quantitative estimate of drug-likeness (QED) is 0.421. The number of rotatable bonds is 1. The Labute approximate surface area is 192 Å². The lowest BCUT2D eigenvalue weighted by Gasteiger charge is -2.69. The van der Waals surface area contributed by atoms with Gasteiger partial charge in [0.15, 0.2) is 0 Å². The van der Waals surface area contributed by atoms with E-state index in [9.17, 15) is 5.11 Å². The topological polar surface area (TPSA) is 20.2 Å². The summed E-state index contributed by atoms with van der Waals surface area (Å²) >= 11 is 0. The Bertz CT molecular complexity index is 777. The molecule has 9 atom stereocenters. The van der Waals surface area contributed by atoms with Crippen LogP contribution in [0.15, 0.2) is 11.6 Å². The van der Waals surface area contributed by atoms with Crippen LogP contribution < -0.4 is 0 Å². The van der Waals surface area contributed by atoms with E-state index in [1.807, 2.05) is 0 Å². The monoisotopic (exact) mass is 426 g/mol. The highest BCUT2D eigenvalue weighted by Crippen LogP contribution is 2.76. The van der Waals surface area contributed by atoms with Crippen LogP contribution in [-0.4, -0.2) is 11.2 Å². The van der Waals surface area contributed by atoms with Crippen molar-refractivity contribution >= 4 is 0 Å². The van der Waals surface area contributed by atoms with Crippen LogP contribution in [0.5, 0.6) is 0 Å². The van der Waals surface area contributed by atoms with Gasteiger partial charge in [0, 0.05) is 0 Å². The van der Waals surface area contributed by atoms with Crippen LogP contribution in [-0.2, 0) is 0 Å². The highest BCUT2D eigenvalue weighted by Gasteiger charge is 2.68. The van der Waals surface area contributed by atoms with E-state index in [1.165, 1.54) is 51.4 Å². The molecule has 0 bridgehead atoms. The van der Waals surface area contributed by atoms with E-state index in [1.54, 1.807) is 5.57 Å². The first kappa shape index (κ1) is 22.5. The second-order valence-electron chi connectivity index (χ2n) is 14.8. The number of allylic oxidation sites excluding steroid dienone is 2. The SMILES string of the molecule is CC(C)[C@H]1CC[C@H]2[C@]1(C)CC[C@]1(C)[C@@H]3C[C@H](O)[C@H]4C(C)(C)CCC[C@]4(C)C3=CC[C@@]21C. The fourth-order valence-electron chi connectivity index (χ4n) is 11.5. The highest BCUT2D eigenvalue weighted by atomic mass is 16.3. The predicted octanol–water partition coefficient (Wildman–Crippen LogP) is 8.02. The van der Waals surface area contributed by atoms with Crippen LogP contribution in [0.4, 0.5) is 0 Å². The third-order valence-electron chi connectivity index (χ3n) is 12.9. The number of hydrogen-bond donors (Lipinski definition) is 1.